The number of aromatic nitrogens is 5. The van der Waals surface area contributed by atoms with Gasteiger partial charge in [0.2, 0.25) is 0 Å². The van der Waals surface area contributed by atoms with Gasteiger partial charge in [-0.2, -0.15) is 15.6 Å². The topological polar surface area (TPSA) is 96.1 Å². The average molecular weight is 289 g/mol. The second kappa shape index (κ2) is 5.51. The molecule has 106 valence electrons. The smallest absolute Gasteiger partial charge is 0.246 e. The summed E-state index contributed by atoms with van der Waals surface area (Å²) in [6.07, 6.45) is 1.47. The Labute approximate surface area is 126 Å². The molecule has 3 aromatic rings. The van der Waals surface area contributed by atoms with Crippen LogP contribution < -0.4 is 0 Å². The minimum absolute atomic E-state index is 0.0982. The first-order chi connectivity index (χ1) is 10.7. The van der Waals surface area contributed by atoms with Crippen LogP contribution in [0.1, 0.15) is 22.8 Å². The van der Waals surface area contributed by atoms with Gasteiger partial charge < -0.3 is 0 Å². The highest BCUT2D eigenvalue weighted by molar-refractivity contribution is 5.43. The molecule has 0 fully saturated rings. The van der Waals surface area contributed by atoms with E-state index in [4.69, 9.17) is 5.26 Å². The van der Waals surface area contributed by atoms with Crippen LogP contribution in [0.25, 0.3) is 5.69 Å². The number of nitriles is 2. The Morgan fingerprint density at radius 1 is 1.09 bits per heavy atom. The van der Waals surface area contributed by atoms with Crippen molar-refractivity contribution in [3.63, 3.8) is 0 Å². The van der Waals surface area contributed by atoms with Gasteiger partial charge in [-0.25, -0.2) is 14.3 Å². The van der Waals surface area contributed by atoms with Crippen LogP contribution in [0.15, 0.2) is 36.7 Å². The predicted octanol–water partition coefficient (Wildman–Crippen LogP) is 1.56. The zero-order valence-corrected chi connectivity index (χ0v) is 11.8. The summed E-state index contributed by atoms with van der Waals surface area (Å²) in [6.45, 7) is 2.11. The van der Waals surface area contributed by atoms with Crippen LogP contribution >= 0.6 is 0 Å². The Balaban J connectivity index is 2.09. The molecule has 2 aromatic heterocycles. The van der Waals surface area contributed by atoms with Crippen LogP contribution in [0.5, 0.6) is 0 Å². The first-order valence-electron chi connectivity index (χ1n) is 6.56. The monoisotopic (exact) mass is 289 g/mol. The predicted molar refractivity (Wildman–Crippen MR) is 76.9 cm³/mol. The molecule has 0 radical (unpaired) electrons. The lowest BCUT2D eigenvalue weighted by atomic mass is 10.2. The van der Waals surface area contributed by atoms with Gasteiger partial charge in [-0.1, -0.05) is 18.2 Å². The van der Waals surface area contributed by atoms with Crippen LogP contribution in [0.4, 0.5) is 0 Å². The van der Waals surface area contributed by atoms with Gasteiger partial charge in [-0.3, -0.25) is 0 Å². The molecule has 1 aromatic carbocycles. The van der Waals surface area contributed by atoms with Crippen molar-refractivity contribution in [2.45, 2.75) is 13.5 Å². The average Bonchev–Trinajstić information content (AvgIpc) is 3.13. The van der Waals surface area contributed by atoms with Crippen molar-refractivity contribution >= 4 is 0 Å². The van der Waals surface area contributed by atoms with E-state index in [0.29, 0.717) is 23.5 Å². The lowest BCUT2D eigenvalue weighted by Crippen LogP contribution is -2.09. The van der Waals surface area contributed by atoms with E-state index in [9.17, 15) is 5.26 Å². The maximum absolute atomic E-state index is 9.39. The van der Waals surface area contributed by atoms with E-state index in [1.54, 1.807) is 11.6 Å². The van der Waals surface area contributed by atoms with Crippen LogP contribution in [0.3, 0.4) is 0 Å². The summed E-state index contributed by atoms with van der Waals surface area (Å²) in [5.41, 5.74) is 2.74. The number of para-hydroxylation sites is 1. The van der Waals surface area contributed by atoms with Crippen LogP contribution in [0.2, 0.25) is 0 Å². The van der Waals surface area contributed by atoms with Gasteiger partial charge in [-0.15, -0.1) is 5.10 Å². The number of hydrogen-bond donors (Lipinski definition) is 0. The Morgan fingerprint density at radius 3 is 2.50 bits per heavy atom. The van der Waals surface area contributed by atoms with Gasteiger partial charge in [-0.05, 0) is 19.1 Å². The van der Waals surface area contributed by atoms with Crippen molar-refractivity contribution in [3.05, 3.63) is 59.4 Å². The van der Waals surface area contributed by atoms with Crippen molar-refractivity contribution in [1.82, 2.24) is 24.5 Å². The molecule has 0 atom stereocenters. The minimum Gasteiger partial charge on any atom is -0.246 e. The van der Waals surface area contributed by atoms with Gasteiger partial charge in [0, 0.05) is 0 Å². The number of aryl methyl sites for hydroxylation is 1. The van der Waals surface area contributed by atoms with Gasteiger partial charge in [0.1, 0.15) is 18.5 Å². The molecular weight excluding hydrogens is 278 g/mol. The van der Waals surface area contributed by atoms with E-state index in [1.165, 1.54) is 11.0 Å². The third kappa shape index (κ3) is 2.32. The van der Waals surface area contributed by atoms with Crippen molar-refractivity contribution < 1.29 is 0 Å². The molecule has 0 amide bonds. The number of rotatable bonds is 3. The first-order valence-corrected chi connectivity index (χ1v) is 6.56. The second-order valence-corrected chi connectivity index (χ2v) is 4.64. The third-order valence-electron chi connectivity index (χ3n) is 3.22. The zero-order chi connectivity index (χ0) is 15.5. The number of hydrogen-bond acceptors (Lipinski definition) is 5. The Bertz CT molecular complexity index is 890. The lowest BCUT2D eigenvalue weighted by Gasteiger charge is -2.07. The van der Waals surface area contributed by atoms with E-state index in [2.05, 4.69) is 21.3 Å². The molecule has 7 heteroatoms. The molecule has 3 rings (SSSR count). The number of benzene rings is 1. The van der Waals surface area contributed by atoms with E-state index in [1.807, 2.05) is 36.4 Å². The summed E-state index contributed by atoms with van der Waals surface area (Å²) in [6, 6.07) is 13.6. The third-order valence-corrected chi connectivity index (χ3v) is 3.22. The molecule has 0 bridgehead atoms. The van der Waals surface area contributed by atoms with Crippen molar-refractivity contribution in [2.75, 3.05) is 0 Å². The lowest BCUT2D eigenvalue weighted by molar-refractivity contribution is 0.643. The van der Waals surface area contributed by atoms with E-state index >= 15 is 0 Å². The molecule has 22 heavy (non-hydrogen) atoms. The molecule has 0 aliphatic heterocycles. The summed E-state index contributed by atoms with van der Waals surface area (Å²) in [5.74, 6) is 0.0982. The molecule has 0 N–H and O–H groups in total. The van der Waals surface area contributed by atoms with E-state index in [0.717, 1.165) is 5.69 Å². The SMILES string of the molecule is Cc1nn(-c2ccccc2)c(Cn2cnc(C#N)n2)c1C#N. The fourth-order valence-corrected chi connectivity index (χ4v) is 2.22. The standard InChI is InChI=1S/C15H11N7/c1-11-13(7-16)14(9-21-10-18-15(8-17)20-21)22(19-11)12-5-3-2-4-6-12/h2-6,10H,9H2,1H3. The Hall–Kier alpha value is -3.45. The fourth-order valence-electron chi connectivity index (χ4n) is 2.22. The maximum atomic E-state index is 9.39. The molecule has 7 nitrogen and oxygen atoms in total. The fraction of sp³-hybridized carbons (Fsp3) is 0.133. The molecule has 0 saturated carbocycles. The Morgan fingerprint density at radius 2 is 1.86 bits per heavy atom. The van der Waals surface area contributed by atoms with Crippen molar-refractivity contribution in [2.24, 2.45) is 0 Å². The van der Waals surface area contributed by atoms with Crippen molar-refractivity contribution in [3.8, 4) is 17.8 Å². The summed E-state index contributed by atoms with van der Waals surface area (Å²) in [4.78, 5) is 3.87. The quantitative estimate of drug-likeness (QED) is 0.729. The van der Waals surface area contributed by atoms with Gasteiger partial charge in [0.25, 0.3) is 5.82 Å². The summed E-state index contributed by atoms with van der Waals surface area (Å²) >= 11 is 0. The first kappa shape index (κ1) is 13.5. The number of nitrogens with zero attached hydrogens (tertiary/aromatic N) is 7. The minimum atomic E-state index is 0.0982. The van der Waals surface area contributed by atoms with Crippen LogP contribution in [-0.2, 0) is 6.54 Å². The summed E-state index contributed by atoms with van der Waals surface area (Å²) < 4.78 is 3.25. The second-order valence-electron chi connectivity index (χ2n) is 4.64. The highest BCUT2D eigenvalue weighted by Crippen LogP contribution is 2.18. The molecule has 0 aliphatic rings. The van der Waals surface area contributed by atoms with Gasteiger partial charge in [0.05, 0.1) is 29.2 Å². The van der Waals surface area contributed by atoms with Gasteiger partial charge >= 0.3 is 0 Å². The molecule has 2 heterocycles. The van der Waals surface area contributed by atoms with E-state index < -0.39 is 0 Å². The zero-order valence-electron chi connectivity index (χ0n) is 11.8. The molecular formula is C15H11N7. The molecule has 0 saturated heterocycles. The molecule has 0 unspecified atom stereocenters. The van der Waals surface area contributed by atoms with Crippen LogP contribution in [0, 0.1) is 29.6 Å². The highest BCUT2D eigenvalue weighted by Gasteiger charge is 2.17. The van der Waals surface area contributed by atoms with Crippen LogP contribution in [-0.4, -0.2) is 24.5 Å². The summed E-state index contributed by atoms with van der Waals surface area (Å²) in [5, 5.41) is 26.7. The normalized spacial score (nSPS) is 10.1. The Kier molecular flexibility index (Phi) is 3.39. The van der Waals surface area contributed by atoms with E-state index in [-0.39, 0.29) is 5.82 Å². The highest BCUT2D eigenvalue weighted by atomic mass is 15.4. The molecule has 0 aliphatic carbocycles. The van der Waals surface area contributed by atoms with Gasteiger partial charge in [0.15, 0.2) is 0 Å². The van der Waals surface area contributed by atoms with Crippen molar-refractivity contribution in [1.29, 1.82) is 10.5 Å². The summed E-state index contributed by atoms with van der Waals surface area (Å²) in [7, 11) is 0. The maximum Gasteiger partial charge on any atom is 0.252 e. The largest absolute Gasteiger partial charge is 0.252 e. The molecule has 0 spiro atoms.